The Morgan fingerprint density at radius 3 is 2.93 bits per heavy atom. The van der Waals surface area contributed by atoms with Gasteiger partial charge in [-0.2, -0.15) is 0 Å². The van der Waals surface area contributed by atoms with Gasteiger partial charge in [-0.05, 0) is 6.92 Å². The molecule has 0 fully saturated rings. The van der Waals surface area contributed by atoms with Gasteiger partial charge in [0.2, 0.25) is 5.95 Å². The molecule has 1 N–H and O–H groups in total. The van der Waals surface area contributed by atoms with Gasteiger partial charge >= 0.3 is 5.97 Å². The Labute approximate surface area is 89.3 Å². The van der Waals surface area contributed by atoms with E-state index in [9.17, 15) is 4.79 Å². The highest BCUT2D eigenvalue weighted by molar-refractivity contribution is 5.70. The molecule has 0 spiro atoms. The number of hydrogen-bond donors (Lipinski definition) is 1. The summed E-state index contributed by atoms with van der Waals surface area (Å²) >= 11 is 0. The van der Waals surface area contributed by atoms with Crippen LogP contribution >= 0.6 is 0 Å². The first-order valence-corrected chi connectivity index (χ1v) is 5.01. The molecule has 0 aliphatic rings. The number of aliphatic carboxylic acids is 1. The Kier molecular flexibility index (Phi) is 3.71. The van der Waals surface area contributed by atoms with E-state index in [0.29, 0.717) is 6.54 Å². The molecule has 1 atom stereocenters. The first kappa shape index (κ1) is 11.6. The predicted molar refractivity (Wildman–Crippen MR) is 58.0 cm³/mol. The molecule has 1 aromatic rings. The Bertz CT molecular complexity index is 335. The van der Waals surface area contributed by atoms with Crippen LogP contribution in [0.25, 0.3) is 0 Å². The van der Waals surface area contributed by atoms with Gasteiger partial charge < -0.3 is 14.6 Å². The van der Waals surface area contributed by atoms with Crippen LogP contribution in [0.3, 0.4) is 0 Å². The molecule has 5 heteroatoms. The van der Waals surface area contributed by atoms with Gasteiger partial charge in [0.1, 0.15) is 0 Å². The van der Waals surface area contributed by atoms with E-state index >= 15 is 0 Å². The van der Waals surface area contributed by atoms with Crippen molar-refractivity contribution in [2.45, 2.75) is 20.4 Å². The Morgan fingerprint density at radius 2 is 2.40 bits per heavy atom. The van der Waals surface area contributed by atoms with Crippen LogP contribution in [0.2, 0.25) is 0 Å². The highest BCUT2D eigenvalue weighted by Crippen LogP contribution is 2.11. The molecule has 0 aromatic carbocycles. The Morgan fingerprint density at radius 1 is 1.73 bits per heavy atom. The van der Waals surface area contributed by atoms with Crippen molar-refractivity contribution >= 4 is 11.9 Å². The van der Waals surface area contributed by atoms with E-state index in [1.165, 1.54) is 0 Å². The van der Waals surface area contributed by atoms with Crippen molar-refractivity contribution in [3.05, 3.63) is 12.4 Å². The van der Waals surface area contributed by atoms with Crippen LogP contribution in [0.1, 0.15) is 13.8 Å². The number of aryl methyl sites for hydroxylation is 1. The van der Waals surface area contributed by atoms with Gasteiger partial charge in [0.25, 0.3) is 0 Å². The van der Waals surface area contributed by atoms with E-state index < -0.39 is 11.9 Å². The number of rotatable bonds is 5. The minimum absolute atomic E-state index is 0.392. The first-order valence-electron chi connectivity index (χ1n) is 5.01. The standard InChI is InChI=1S/C10H17N3O2/c1-4-13-6-5-11-10(13)12(3)7-8(2)9(14)15/h5-6,8H,4,7H2,1-3H3,(H,14,15). The van der Waals surface area contributed by atoms with Crippen LogP contribution < -0.4 is 4.90 Å². The summed E-state index contributed by atoms with van der Waals surface area (Å²) in [7, 11) is 1.86. The zero-order valence-electron chi connectivity index (χ0n) is 9.34. The number of carbonyl (C=O) groups is 1. The van der Waals surface area contributed by atoms with Crippen molar-refractivity contribution in [3.63, 3.8) is 0 Å². The smallest absolute Gasteiger partial charge is 0.308 e. The summed E-state index contributed by atoms with van der Waals surface area (Å²) < 4.78 is 1.98. The van der Waals surface area contributed by atoms with Crippen LogP contribution in [0, 0.1) is 5.92 Å². The molecule has 1 rings (SSSR count). The summed E-state index contributed by atoms with van der Waals surface area (Å²) in [5, 5.41) is 8.80. The molecule has 0 aliphatic carbocycles. The number of nitrogens with zero attached hydrogens (tertiary/aromatic N) is 3. The maximum atomic E-state index is 10.7. The van der Waals surface area contributed by atoms with E-state index in [-0.39, 0.29) is 0 Å². The summed E-state index contributed by atoms with van der Waals surface area (Å²) in [6.07, 6.45) is 3.61. The minimum atomic E-state index is -0.781. The Balaban J connectivity index is 2.68. The third-order valence-electron chi connectivity index (χ3n) is 2.34. The largest absolute Gasteiger partial charge is 0.481 e. The topological polar surface area (TPSA) is 58.4 Å². The maximum absolute atomic E-state index is 10.7. The molecule has 1 unspecified atom stereocenters. The first-order chi connectivity index (χ1) is 7.06. The van der Waals surface area contributed by atoms with Crippen molar-refractivity contribution in [1.29, 1.82) is 0 Å². The molecule has 0 bridgehead atoms. The average molecular weight is 211 g/mol. The maximum Gasteiger partial charge on any atom is 0.308 e. The van der Waals surface area contributed by atoms with Crippen LogP contribution in [0.5, 0.6) is 0 Å². The molecule has 84 valence electrons. The third-order valence-corrected chi connectivity index (χ3v) is 2.34. The van der Waals surface area contributed by atoms with Gasteiger partial charge in [-0.1, -0.05) is 6.92 Å². The van der Waals surface area contributed by atoms with Crippen molar-refractivity contribution in [2.75, 3.05) is 18.5 Å². The molecule has 0 saturated carbocycles. The quantitative estimate of drug-likeness (QED) is 0.791. The summed E-state index contributed by atoms with van der Waals surface area (Å²) in [6, 6.07) is 0. The van der Waals surface area contributed by atoms with E-state index in [2.05, 4.69) is 4.98 Å². The van der Waals surface area contributed by atoms with Gasteiger partial charge in [-0.15, -0.1) is 0 Å². The van der Waals surface area contributed by atoms with Gasteiger partial charge in [0.15, 0.2) is 0 Å². The molecule has 0 aliphatic heterocycles. The number of anilines is 1. The molecule has 1 aromatic heterocycles. The van der Waals surface area contributed by atoms with E-state index in [1.807, 2.05) is 29.6 Å². The molecule has 0 radical (unpaired) electrons. The second kappa shape index (κ2) is 4.82. The molecule has 0 saturated heterocycles. The molecular weight excluding hydrogens is 194 g/mol. The van der Waals surface area contributed by atoms with Gasteiger partial charge in [-0.25, -0.2) is 4.98 Å². The molecule has 5 nitrogen and oxygen atoms in total. The second-order valence-corrected chi connectivity index (χ2v) is 3.63. The van der Waals surface area contributed by atoms with Crippen molar-refractivity contribution in [3.8, 4) is 0 Å². The fourth-order valence-corrected chi connectivity index (χ4v) is 1.46. The highest BCUT2D eigenvalue weighted by Gasteiger charge is 2.16. The molecule has 0 amide bonds. The fraction of sp³-hybridized carbons (Fsp3) is 0.600. The summed E-state index contributed by atoms with van der Waals surface area (Å²) in [5.41, 5.74) is 0. The number of carboxylic acid groups (broad SMARTS) is 1. The lowest BCUT2D eigenvalue weighted by atomic mass is 10.2. The van der Waals surface area contributed by atoms with Gasteiger partial charge in [-0.3, -0.25) is 4.79 Å². The van der Waals surface area contributed by atoms with Crippen molar-refractivity contribution < 1.29 is 9.90 Å². The Hall–Kier alpha value is -1.52. The van der Waals surface area contributed by atoms with Crippen molar-refractivity contribution in [1.82, 2.24) is 9.55 Å². The number of hydrogen-bond acceptors (Lipinski definition) is 3. The third kappa shape index (κ3) is 2.71. The van der Waals surface area contributed by atoms with E-state index in [0.717, 1.165) is 12.5 Å². The second-order valence-electron chi connectivity index (χ2n) is 3.63. The predicted octanol–water partition coefficient (Wildman–Crippen LogP) is 1.06. The normalized spacial score (nSPS) is 12.5. The van der Waals surface area contributed by atoms with Crippen LogP contribution in [0.4, 0.5) is 5.95 Å². The lowest BCUT2D eigenvalue weighted by molar-refractivity contribution is -0.140. The van der Waals surface area contributed by atoms with E-state index in [1.54, 1.807) is 13.1 Å². The van der Waals surface area contributed by atoms with Crippen LogP contribution in [0.15, 0.2) is 12.4 Å². The number of aromatic nitrogens is 2. The SMILES string of the molecule is CCn1ccnc1N(C)CC(C)C(=O)O. The van der Waals surface area contributed by atoms with Gasteiger partial charge in [0.05, 0.1) is 5.92 Å². The van der Waals surface area contributed by atoms with Crippen LogP contribution in [-0.4, -0.2) is 34.2 Å². The number of imidazole rings is 1. The summed E-state index contributed by atoms with van der Waals surface area (Å²) in [5.74, 6) is -0.362. The minimum Gasteiger partial charge on any atom is -0.481 e. The molecule has 15 heavy (non-hydrogen) atoms. The lowest BCUT2D eigenvalue weighted by Crippen LogP contribution is -2.30. The van der Waals surface area contributed by atoms with Crippen molar-refractivity contribution in [2.24, 2.45) is 5.92 Å². The average Bonchev–Trinajstić information content (AvgIpc) is 2.64. The fourth-order valence-electron chi connectivity index (χ4n) is 1.46. The molecule has 1 heterocycles. The van der Waals surface area contributed by atoms with Crippen LogP contribution in [-0.2, 0) is 11.3 Å². The van der Waals surface area contributed by atoms with Gasteiger partial charge in [0, 0.05) is 32.5 Å². The zero-order chi connectivity index (χ0) is 11.4. The zero-order valence-corrected chi connectivity index (χ0v) is 9.34. The number of carboxylic acids is 1. The monoisotopic (exact) mass is 211 g/mol. The van der Waals surface area contributed by atoms with E-state index in [4.69, 9.17) is 5.11 Å². The summed E-state index contributed by atoms with van der Waals surface area (Å²) in [6.45, 7) is 5.02. The summed E-state index contributed by atoms with van der Waals surface area (Å²) in [4.78, 5) is 16.8. The lowest BCUT2D eigenvalue weighted by Gasteiger charge is -2.21. The highest BCUT2D eigenvalue weighted by atomic mass is 16.4. The molecular formula is C10H17N3O2.